The second-order valence-corrected chi connectivity index (χ2v) is 7.85. The molecule has 0 atom stereocenters. The second-order valence-electron chi connectivity index (χ2n) is 7.00. The Hall–Kier alpha value is -3.58. The lowest BCUT2D eigenvalue weighted by atomic mass is 10.1. The number of aryl methyl sites for hydroxylation is 1. The first-order valence-electron chi connectivity index (χ1n) is 9.74. The van der Waals surface area contributed by atoms with E-state index in [0.717, 1.165) is 11.1 Å². The first-order chi connectivity index (χ1) is 15.4. The summed E-state index contributed by atoms with van der Waals surface area (Å²) < 4.78 is 12.0. The molecule has 1 amide bonds. The molecule has 3 aromatic carbocycles. The maximum Gasteiger partial charge on any atom is 0.352 e. The van der Waals surface area contributed by atoms with Gasteiger partial charge in [0.25, 0.3) is 5.91 Å². The summed E-state index contributed by atoms with van der Waals surface area (Å²) in [7, 11) is 1.50. The van der Waals surface area contributed by atoms with Gasteiger partial charge in [-0.05, 0) is 64.3 Å². The first-order valence-corrected chi connectivity index (χ1v) is 10.5. The predicted octanol–water partition coefficient (Wildman–Crippen LogP) is 5.20. The van der Waals surface area contributed by atoms with Crippen LogP contribution in [0.5, 0.6) is 11.5 Å². The fourth-order valence-electron chi connectivity index (χ4n) is 3.02. The summed E-state index contributed by atoms with van der Waals surface area (Å²) in [6, 6.07) is 19.7. The van der Waals surface area contributed by atoms with E-state index in [1.165, 1.54) is 13.2 Å². The van der Waals surface area contributed by atoms with E-state index in [4.69, 9.17) is 9.47 Å². The number of aliphatic carboxylic acids is 1. The number of rotatable bonds is 8. The van der Waals surface area contributed by atoms with Gasteiger partial charge in [-0.15, -0.1) is 0 Å². The number of hydrogen-bond donors (Lipinski definition) is 2. The van der Waals surface area contributed by atoms with Crippen LogP contribution in [0.2, 0.25) is 0 Å². The highest BCUT2D eigenvalue weighted by atomic mass is 79.9. The smallest absolute Gasteiger partial charge is 0.352 e. The molecular weight excluding hydrogens is 474 g/mol. The van der Waals surface area contributed by atoms with Gasteiger partial charge < -0.3 is 19.9 Å². The standard InChI is InChI=1S/C25H22BrNO5/c1-16-7-6-8-17(11-16)15-32-23-20(26)12-18(14-22(23)31-2)13-21(25(29)30)27-24(28)19-9-4-3-5-10-19/h3-14H,15H2,1-2H3,(H,27,28)(H,29,30). The minimum Gasteiger partial charge on any atom is -0.493 e. The third-order valence-electron chi connectivity index (χ3n) is 4.54. The molecule has 164 valence electrons. The fourth-order valence-corrected chi connectivity index (χ4v) is 3.60. The maximum absolute atomic E-state index is 12.4. The Morgan fingerprint density at radius 3 is 2.47 bits per heavy atom. The van der Waals surface area contributed by atoms with Gasteiger partial charge in [0.15, 0.2) is 11.5 Å². The summed E-state index contributed by atoms with van der Waals surface area (Å²) in [5.74, 6) is -0.846. The highest BCUT2D eigenvalue weighted by molar-refractivity contribution is 9.10. The number of methoxy groups -OCH3 is 1. The molecule has 0 aliphatic heterocycles. The van der Waals surface area contributed by atoms with Gasteiger partial charge in [-0.1, -0.05) is 48.0 Å². The number of hydrogen-bond acceptors (Lipinski definition) is 4. The molecule has 0 aromatic heterocycles. The summed E-state index contributed by atoms with van der Waals surface area (Å²) in [5, 5.41) is 12.0. The van der Waals surface area contributed by atoms with Crippen LogP contribution in [0.1, 0.15) is 27.0 Å². The van der Waals surface area contributed by atoms with E-state index in [-0.39, 0.29) is 5.70 Å². The molecule has 0 fully saturated rings. The Balaban J connectivity index is 1.84. The number of carbonyl (C=O) groups is 2. The molecule has 0 aliphatic rings. The van der Waals surface area contributed by atoms with E-state index in [9.17, 15) is 14.7 Å². The highest BCUT2D eigenvalue weighted by Gasteiger charge is 2.16. The van der Waals surface area contributed by atoms with Crippen molar-refractivity contribution in [1.82, 2.24) is 5.32 Å². The van der Waals surface area contributed by atoms with Crippen molar-refractivity contribution in [3.05, 3.63) is 99.2 Å². The maximum atomic E-state index is 12.4. The Labute approximate surface area is 194 Å². The molecule has 3 aromatic rings. The van der Waals surface area contributed by atoms with Gasteiger partial charge >= 0.3 is 5.97 Å². The Bertz CT molecular complexity index is 1160. The predicted molar refractivity (Wildman–Crippen MR) is 126 cm³/mol. The third kappa shape index (κ3) is 5.98. The molecule has 0 heterocycles. The number of carboxylic acid groups (broad SMARTS) is 1. The van der Waals surface area contributed by atoms with Crippen LogP contribution >= 0.6 is 15.9 Å². The second kappa shape index (κ2) is 10.6. The lowest BCUT2D eigenvalue weighted by Crippen LogP contribution is -2.27. The molecule has 32 heavy (non-hydrogen) atoms. The van der Waals surface area contributed by atoms with E-state index >= 15 is 0 Å². The molecule has 2 N–H and O–H groups in total. The van der Waals surface area contributed by atoms with Crippen LogP contribution in [0.4, 0.5) is 0 Å². The minimum absolute atomic E-state index is 0.263. The van der Waals surface area contributed by atoms with Crippen LogP contribution < -0.4 is 14.8 Å². The Morgan fingerprint density at radius 1 is 1.06 bits per heavy atom. The van der Waals surface area contributed by atoms with Gasteiger partial charge in [-0.2, -0.15) is 0 Å². The van der Waals surface area contributed by atoms with Crippen LogP contribution in [-0.4, -0.2) is 24.1 Å². The molecule has 7 heteroatoms. The molecule has 0 spiro atoms. The van der Waals surface area contributed by atoms with Crippen LogP contribution in [0.15, 0.2) is 76.9 Å². The number of ether oxygens (including phenoxy) is 2. The lowest BCUT2D eigenvalue weighted by molar-refractivity contribution is -0.132. The number of benzene rings is 3. The van der Waals surface area contributed by atoms with Gasteiger partial charge in [-0.25, -0.2) is 4.79 Å². The fraction of sp³-hybridized carbons (Fsp3) is 0.120. The Morgan fingerprint density at radius 2 is 1.81 bits per heavy atom. The van der Waals surface area contributed by atoms with Crippen molar-refractivity contribution in [2.45, 2.75) is 13.5 Å². The number of nitrogens with one attached hydrogen (secondary N) is 1. The number of halogens is 1. The molecule has 0 unspecified atom stereocenters. The molecule has 0 saturated carbocycles. The van der Waals surface area contributed by atoms with Gasteiger partial charge in [-0.3, -0.25) is 4.79 Å². The average molecular weight is 496 g/mol. The van der Waals surface area contributed by atoms with Crippen molar-refractivity contribution >= 4 is 33.9 Å². The van der Waals surface area contributed by atoms with Crippen molar-refractivity contribution in [3.63, 3.8) is 0 Å². The summed E-state index contributed by atoms with van der Waals surface area (Å²) in [6.07, 6.45) is 1.36. The van der Waals surface area contributed by atoms with E-state index in [0.29, 0.717) is 33.7 Å². The Kier molecular flexibility index (Phi) is 7.68. The van der Waals surface area contributed by atoms with Crippen molar-refractivity contribution in [3.8, 4) is 11.5 Å². The zero-order valence-electron chi connectivity index (χ0n) is 17.6. The molecule has 3 rings (SSSR count). The number of carboxylic acids is 1. The normalized spacial score (nSPS) is 11.0. The SMILES string of the molecule is COc1cc(C=C(NC(=O)c2ccccc2)C(=O)O)cc(Br)c1OCc1cccc(C)c1. The zero-order chi connectivity index (χ0) is 23.1. The van der Waals surface area contributed by atoms with E-state index in [2.05, 4.69) is 21.2 Å². The number of amides is 1. The monoisotopic (exact) mass is 495 g/mol. The van der Waals surface area contributed by atoms with Crippen molar-refractivity contribution in [2.75, 3.05) is 7.11 Å². The first kappa shape index (κ1) is 23.1. The van der Waals surface area contributed by atoms with Crippen molar-refractivity contribution in [1.29, 1.82) is 0 Å². The molecule has 0 aliphatic carbocycles. The molecule has 0 saturated heterocycles. The van der Waals surface area contributed by atoms with Gasteiger partial charge in [0.1, 0.15) is 12.3 Å². The van der Waals surface area contributed by atoms with Gasteiger partial charge in [0, 0.05) is 5.56 Å². The molecule has 6 nitrogen and oxygen atoms in total. The van der Waals surface area contributed by atoms with Crippen LogP contribution in [0, 0.1) is 6.92 Å². The van der Waals surface area contributed by atoms with E-state index in [1.807, 2.05) is 31.2 Å². The summed E-state index contributed by atoms with van der Waals surface area (Å²) in [5.41, 5.74) is 2.76. The minimum atomic E-state index is -1.26. The van der Waals surface area contributed by atoms with Crippen LogP contribution in [0.3, 0.4) is 0 Å². The molecule has 0 radical (unpaired) electrons. The van der Waals surface area contributed by atoms with Crippen LogP contribution in [-0.2, 0) is 11.4 Å². The van der Waals surface area contributed by atoms with Crippen molar-refractivity contribution < 1.29 is 24.2 Å². The van der Waals surface area contributed by atoms with E-state index < -0.39 is 11.9 Å². The summed E-state index contributed by atoms with van der Waals surface area (Å²) in [4.78, 5) is 24.1. The quantitative estimate of drug-likeness (QED) is 0.419. The summed E-state index contributed by atoms with van der Waals surface area (Å²) in [6.45, 7) is 2.36. The topological polar surface area (TPSA) is 84.9 Å². The largest absolute Gasteiger partial charge is 0.493 e. The third-order valence-corrected chi connectivity index (χ3v) is 5.13. The zero-order valence-corrected chi connectivity index (χ0v) is 19.2. The van der Waals surface area contributed by atoms with Gasteiger partial charge in [0.2, 0.25) is 0 Å². The lowest BCUT2D eigenvalue weighted by Gasteiger charge is -2.14. The molecule has 0 bridgehead atoms. The average Bonchev–Trinajstić information content (AvgIpc) is 2.78. The van der Waals surface area contributed by atoms with Crippen molar-refractivity contribution in [2.24, 2.45) is 0 Å². The van der Waals surface area contributed by atoms with E-state index in [1.54, 1.807) is 42.5 Å². The number of carbonyl (C=O) groups excluding carboxylic acids is 1. The highest BCUT2D eigenvalue weighted by Crippen LogP contribution is 2.37. The van der Waals surface area contributed by atoms with Gasteiger partial charge in [0.05, 0.1) is 11.6 Å². The molecular formula is C25H22BrNO5. The van der Waals surface area contributed by atoms with Crippen LogP contribution in [0.25, 0.3) is 6.08 Å². The summed E-state index contributed by atoms with van der Waals surface area (Å²) >= 11 is 3.47.